The van der Waals surface area contributed by atoms with Gasteiger partial charge in [-0.2, -0.15) is 0 Å². The molecule has 3 rings (SSSR count). The number of urea groups is 1. The number of nitrogens with one attached hydrogen (secondary N) is 1. The minimum absolute atomic E-state index is 0.101. The van der Waals surface area contributed by atoms with Crippen molar-refractivity contribution in [3.05, 3.63) is 29.8 Å². The van der Waals surface area contributed by atoms with Crippen LogP contribution in [0.3, 0.4) is 0 Å². The Bertz CT molecular complexity index is 456. The number of nitrogen functional groups attached to an aromatic ring is 1. The smallest absolute Gasteiger partial charge is 0.317 e. The lowest BCUT2D eigenvalue weighted by Gasteiger charge is -2.17. The van der Waals surface area contributed by atoms with E-state index in [2.05, 4.69) is 11.4 Å². The second-order valence-corrected chi connectivity index (χ2v) is 5.33. The van der Waals surface area contributed by atoms with Gasteiger partial charge in [-0.25, -0.2) is 4.79 Å². The maximum absolute atomic E-state index is 11.9. The number of anilines is 1. The maximum Gasteiger partial charge on any atom is 0.317 e. The molecule has 0 aromatic heterocycles. The molecule has 1 saturated heterocycles. The molecule has 1 aliphatic carbocycles. The number of nitrogens with zero attached hydrogens (tertiary/aromatic N) is 1. The summed E-state index contributed by atoms with van der Waals surface area (Å²) < 4.78 is 0. The molecule has 2 fully saturated rings. The zero-order chi connectivity index (χ0) is 12.5. The summed E-state index contributed by atoms with van der Waals surface area (Å²) in [6.07, 6.45) is 3.30. The van der Waals surface area contributed by atoms with E-state index in [9.17, 15) is 4.79 Å². The maximum atomic E-state index is 11.9. The Morgan fingerprint density at radius 3 is 2.89 bits per heavy atom. The summed E-state index contributed by atoms with van der Waals surface area (Å²) >= 11 is 0. The molecule has 96 valence electrons. The minimum atomic E-state index is 0.101. The summed E-state index contributed by atoms with van der Waals surface area (Å²) in [5.41, 5.74) is 7.85. The van der Waals surface area contributed by atoms with E-state index < -0.39 is 0 Å². The fourth-order valence-electron chi connectivity index (χ4n) is 2.52. The summed E-state index contributed by atoms with van der Waals surface area (Å²) in [5.74, 6) is 0.429. The Morgan fingerprint density at radius 2 is 2.17 bits per heavy atom. The quantitative estimate of drug-likeness (QED) is 0.782. The number of nitrogens with two attached hydrogens (primary N) is 1. The van der Waals surface area contributed by atoms with Crippen LogP contribution in [0.2, 0.25) is 0 Å². The fraction of sp³-hybridized carbons (Fsp3) is 0.500. The van der Waals surface area contributed by atoms with Gasteiger partial charge in [-0.05, 0) is 37.0 Å². The topological polar surface area (TPSA) is 58.4 Å². The van der Waals surface area contributed by atoms with Crippen molar-refractivity contribution in [2.75, 3.05) is 18.8 Å². The highest BCUT2D eigenvalue weighted by Gasteiger charge is 2.30. The van der Waals surface area contributed by atoms with Gasteiger partial charge in [0.2, 0.25) is 0 Å². The second-order valence-electron chi connectivity index (χ2n) is 5.33. The highest BCUT2D eigenvalue weighted by atomic mass is 16.2. The zero-order valence-corrected chi connectivity index (χ0v) is 10.4. The van der Waals surface area contributed by atoms with Crippen LogP contribution in [-0.4, -0.2) is 30.1 Å². The fourth-order valence-corrected chi connectivity index (χ4v) is 2.52. The molecule has 1 aromatic rings. The molecule has 1 atom stereocenters. The molecule has 18 heavy (non-hydrogen) atoms. The van der Waals surface area contributed by atoms with Gasteiger partial charge in [0, 0.05) is 30.7 Å². The van der Waals surface area contributed by atoms with Gasteiger partial charge in [0.1, 0.15) is 0 Å². The van der Waals surface area contributed by atoms with E-state index in [-0.39, 0.29) is 6.03 Å². The van der Waals surface area contributed by atoms with Crippen LogP contribution in [0.1, 0.15) is 30.7 Å². The average Bonchev–Trinajstić information content (AvgIpc) is 3.03. The van der Waals surface area contributed by atoms with E-state index >= 15 is 0 Å². The molecular formula is C14H19N3O. The molecule has 0 bridgehead atoms. The van der Waals surface area contributed by atoms with Crippen molar-refractivity contribution in [3.63, 3.8) is 0 Å². The minimum Gasteiger partial charge on any atom is -0.399 e. The van der Waals surface area contributed by atoms with E-state index in [1.54, 1.807) is 0 Å². The Morgan fingerprint density at radius 1 is 1.33 bits per heavy atom. The molecule has 4 nitrogen and oxygen atoms in total. The van der Waals surface area contributed by atoms with Gasteiger partial charge in [-0.3, -0.25) is 0 Å². The normalized spacial score (nSPS) is 23.1. The standard InChI is InChI=1S/C14H19N3O/c15-12-3-1-2-10(8-12)11-6-7-17(9-11)14(18)16-13-4-5-13/h1-3,8,11,13H,4-7,9,15H2,(H,16,18). The molecule has 1 heterocycles. The van der Waals surface area contributed by atoms with E-state index in [0.29, 0.717) is 12.0 Å². The van der Waals surface area contributed by atoms with Gasteiger partial charge in [-0.15, -0.1) is 0 Å². The van der Waals surface area contributed by atoms with Crippen LogP contribution in [0.15, 0.2) is 24.3 Å². The predicted octanol–water partition coefficient (Wildman–Crippen LogP) is 1.93. The van der Waals surface area contributed by atoms with Crippen molar-refractivity contribution in [1.82, 2.24) is 10.2 Å². The first-order valence-electron chi connectivity index (χ1n) is 6.63. The highest BCUT2D eigenvalue weighted by Crippen LogP contribution is 2.28. The number of carbonyl (C=O) groups is 1. The van der Waals surface area contributed by atoms with Crippen molar-refractivity contribution in [2.45, 2.75) is 31.2 Å². The van der Waals surface area contributed by atoms with Crippen LogP contribution in [0.5, 0.6) is 0 Å². The molecule has 4 heteroatoms. The molecule has 0 radical (unpaired) electrons. The first-order chi connectivity index (χ1) is 8.72. The van der Waals surface area contributed by atoms with Crippen molar-refractivity contribution in [2.24, 2.45) is 0 Å². The largest absolute Gasteiger partial charge is 0.399 e. The Hall–Kier alpha value is -1.71. The second kappa shape index (κ2) is 4.52. The van der Waals surface area contributed by atoms with Gasteiger partial charge in [0.15, 0.2) is 0 Å². The summed E-state index contributed by atoms with van der Waals surface area (Å²) in [7, 11) is 0. The van der Waals surface area contributed by atoms with E-state index in [1.807, 2.05) is 23.1 Å². The predicted molar refractivity (Wildman–Crippen MR) is 71.3 cm³/mol. The van der Waals surface area contributed by atoms with Gasteiger partial charge in [0.25, 0.3) is 0 Å². The molecule has 2 amide bonds. The lowest BCUT2D eigenvalue weighted by Crippen LogP contribution is -2.39. The van der Waals surface area contributed by atoms with Crippen molar-refractivity contribution in [1.29, 1.82) is 0 Å². The third kappa shape index (κ3) is 2.42. The molecule has 2 aliphatic rings. The summed E-state index contributed by atoms with van der Waals surface area (Å²) in [6, 6.07) is 8.54. The van der Waals surface area contributed by atoms with Crippen LogP contribution in [-0.2, 0) is 0 Å². The highest BCUT2D eigenvalue weighted by molar-refractivity contribution is 5.75. The Kier molecular flexibility index (Phi) is 2.86. The third-order valence-corrected chi connectivity index (χ3v) is 3.76. The Balaban J connectivity index is 1.62. The summed E-state index contributed by atoms with van der Waals surface area (Å²) in [4.78, 5) is 13.9. The van der Waals surface area contributed by atoms with E-state index in [4.69, 9.17) is 5.73 Å². The number of amides is 2. The lowest BCUT2D eigenvalue weighted by molar-refractivity contribution is 0.208. The van der Waals surface area contributed by atoms with Crippen LogP contribution < -0.4 is 11.1 Å². The van der Waals surface area contributed by atoms with Crippen molar-refractivity contribution in [3.8, 4) is 0 Å². The first-order valence-corrected chi connectivity index (χ1v) is 6.63. The molecule has 1 aliphatic heterocycles. The number of rotatable bonds is 2. The van der Waals surface area contributed by atoms with Crippen molar-refractivity contribution >= 4 is 11.7 Å². The van der Waals surface area contributed by atoms with Crippen molar-refractivity contribution < 1.29 is 4.79 Å². The van der Waals surface area contributed by atoms with Gasteiger partial charge < -0.3 is 16.0 Å². The number of benzene rings is 1. The first kappa shape index (κ1) is 11.4. The van der Waals surface area contributed by atoms with Gasteiger partial charge in [-0.1, -0.05) is 12.1 Å². The number of carbonyl (C=O) groups excluding carboxylic acids is 1. The lowest BCUT2D eigenvalue weighted by atomic mass is 9.98. The molecule has 1 unspecified atom stereocenters. The Labute approximate surface area is 107 Å². The summed E-state index contributed by atoms with van der Waals surface area (Å²) in [6.45, 7) is 1.65. The van der Waals surface area contributed by atoms with E-state index in [0.717, 1.165) is 38.0 Å². The summed E-state index contributed by atoms with van der Waals surface area (Å²) in [5, 5.41) is 3.04. The van der Waals surface area contributed by atoms with Gasteiger partial charge >= 0.3 is 6.03 Å². The van der Waals surface area contributed by atoms with E-state index in [1.165, 1.54) is 5.56 Å². The number of likely N-dealkylation sites (tertiary alicyclic amines) is 1. The van der Waals surface area contributed by atoms with Crippen LogP contribution in [0.4, 0.5) is 10.5 Å². The monoisotopic (exact) mass is 245 g/mol. The molecule has 1 aromatic carbocycles. The SMILES string of the molecule is Nc1cccc(C2CCN(C(=O)NC3CC3)C2)c1. The molecule has 3 N–H and O–H groups in total. The number of hydrogen-bond donors (Lipinski definition) is 2. The van der Waals surface area contributed by atoms with Crippen LogP contribution >= 0.6 is 0 Å². The van der Waals surface area contributed by atoms with Crippen LogP contribution in [0.25, 0.3) is 0 Å². The third-order valence-electron chi connectivity index (χ3n) is 3.76. The van der Waals surface area contributed by atoms with Crippen LogP contribution in [0, 0.1) is 0 Å². The average molecular weight is 245 g/mol. The molecule has 1 saturated carbocycles. The zero-order valence-electron chi connectivity index (χ0n) is 10.4. The molecule has 0 spiro atoms. The number of hydrogen-bond acceptors (Lipinski definition) is 2. The molecular weight excluding hydrogens is 226 g/mol. The van der Waals surface area contributed by atoms with Gasteiger partial charge in [0.05, 0.1) is 0 Å².